The standard InChI is InChI=1S/C21H17NO/c23-21(17-16-18-10-4-1-5-11-18)22(19-12-6-2-7-13-19)20-14-8-3-9-15-20/h1-17H. The fourth-order valence-corrected chi connectivity index (χ4v) is 2.36. The number of carbonyl (C=O) groups is 1. The van der Waals surface area contributed by atoms with E-state index in [-0.39, 0.29) is 5.91 Å². The van der Waals surface area contributed by atoms with Crippen LogP contribution in [0.1, 0.15) is 5.56 Å². The van der Waals surface area contributed by atoms with E-state index >= 15 is 0 Å². The Hall–Kier alpha value is -3.13. The fourth-order valence-electron chi connectivity index (χ4n) is 2.36. The summed E-state index contributed by atoms with van der Waals surface area (Å²) in [5.74, 6) is -0.0775. The highest BCUT2D eigenvalue weighted by Crippen LogP contribution is 2.25. The van der Waals surface area contributed by atoms with Crippen molar-refractivity contribution in [3.63, 3.8) is 0 Å². The molecule has 3 aromatic rings. The molecular weight excluding hydrogens is 282 g/mol. The lowest BCUT2D eigenvalue weighted by Crippen LogP contribution is -2.23. The summed E-state index contributed by atoms with van der Waals surface area (Å²) in [6, 6.07) is 29.1. The molecule has 0 spiro atoms. The molecule has 112 valence electrons. The Labute approximate surface area is 136 Å². The highest BCUT2D eigenvalue weighted by Gasteiger charge is 2.14. The van der Waals surface area contributed by atoms with Crippen molar-refractivity contribution in [2.75, 3.05) is 4.90 Å². The third-order valence-corrected chi connectivity index (χ3v) is 3.47. The maximum absolute atomic E-state index is 12.8. The van der Waals surface area contributed by atoms with E-state index in [1.54, 1.807) is 11.0 Å². The normalized spacial score (nSPS) is 10.6. The van der Waals surface area contributed by atoms with Crippen molar-refractivity contribution in [1.82, 2.24) is 0 Å². The van der Waals surface area contributed by atoms with Gasteiger partial charge in [0, 0.05) is 17.5 Å². The van der Waals surface area contributed by atoms with Crippen molar-refractivity contribution < 1.29 is 4.79 Å². The molecule has 0 unspecified atom stereocenters. The Morgan fingerprint density at radius 3 is 1.57 bits per heavy atom. The molecule has 0 bridgehead atoms. The minimum absolute atomic E-state index is 0.0775. The van der Waals surface area contributed by atoms with Gasteiger partial charge in [-0.25, -0.2) is 0 Å². The van der Waals surface area contributed by atoms with Gasteiger partial charge >= 0.3 is 0 Å². The SMILES string of the molecule is O=C(C=Cc1ccccc1)N(c1ccccc1)c1ccccc1. The van der Waals surface area contributed by atoms with Gasteiger partial charge in [0.1, 0.15) is 0 Å². The van der Waals surface area contributed by atoms with Gasteiger partial charge in [-0.1, -0.05) is 66.7 Å². The van der Waals surface area contributed by atoms with Gasteiger partial charge in [0.15, 0.2) is 0 Å². The monoisotopic (exact) mass is 299 g/mol. The largest absolute Gasteiger partial charge is 0.278 e. The van der Waals surface area contributed by atoms with Crippen molar-refractivity contribution >= 4 is 23.4 Å². The van der Waals surface area contributed by atoms with E-state index in [0.29, 0.717) is 0 Å². The number of nitrogens with zero attached hydrogens (tertiary/aromatic N) is 1. The lowest BCUT2D eigenvalue weighted by molar-refractivity contribution is -0.113. The molecule has 0 aromatic heterocycles. The van der Waals surface area contributed by atoms with Gasteiger partial charge < -0.3 is 0 Å². The predicted molar refractivity (Wildman–Crippen MR) is 95.5 cm³/mol. The number of hydrogen-bond acceptors (Lipinski definition) is 1. The zero-order valence-electron chi connectivity index (χ0n) is 12.7. The number of benzene rings is 3. The molecule has 0 aliphatic rings. The molecule has 3 rings (SSSR count). The summed E-state index contributed by atoms with van der Waals surface area (Å²) in [4.78, 5) is 14.5. The Morgan fingerprint density at radius 1 is 0.652 bits per heavy atom. The summed E-state index contributed by atoms with van der Waals surface area (Å²) in [6.45, 7) is 0. The van der Waals surface area contributed by atoms with Crippen LogP contribution in [0.3, 0.4) is 0 Å². The highest BCUT2D eigenvalue weighted by molar-refractivity contribution is 6.08. The summed E-state index contributed by atoms with van der Waals surface area (Å²) in [7, 11) is 0. The van der Waals surface area contributed by atoms with Crippen molar-refractivity contribution in [2.24, 2.45) is 0 Å². The van der Waals surface area contributed by atoms with Crippen molar-refractivity contribution in [3.8, 4) is 0 Å². The number of carbonyl (C=O) groups excluding carboxylic acids is 1. The summed E-state index contributed by atoms with van der Waals surface area (Å²) in [6.07, 6.45) is 3.44. The maximum Gasteiger partial charge on any atom is 0.255 e. The average molecular weight is 299 g/mol. The number of amides is 1. The van der Waals surface area contributed by atoms with Gasteiger partial charge in [-0.15, -0.1) is 0 Å². The molecule has 0 heterocycles. The summed E-state index contributed by atoms with van der Waals surface area (Å²) < 4.78 is 0. The van der Waals surface area contributed by atoms with Gasteiger partial charge in [-0.05, 0) is 35.9 Å². The Bertz CT molecular complexity index is 740. The van der Waals surface area contributed by atoms with Crippen LogP contribution in [0.15, 0.2) is 97.1 Å². The fraction of sp³-hybridized carbons (Fsp3) is 0. The van der Waals surface area contributed by atoms with Crippen LogP contribution in [-0.2, 0) is 4.79 Å². The Balaban J connectivity index is 1.93. The van der Waals surface area contributed by atoms with Crippen LogP contribution >= 0.6 is 0 Å². The van der Waals surface area contributed by atoms with Crippen molar-refractivity contribution in [1.29, 1.82) is 0 Å². The smallest absolute Gasteiger partial charge is 0.255 e. The molecule has 0 atom stereocenters. The molecule has 0 radical (unpaired) electrons. The molecule has 0 saturated carbocycles. The Kier molecular flexibility index (Phi) is 4.65. The molecule has 0 fully saturated rings. The zero-order valence-corrected chi connectivity index (χ0v) is 12.7. The quantitative estimate of drug-likeness (QED) is 0.616. The molecule has 0 aliphatic heterocycles. The van der Waals surface area contributed by atoms with Crippen LogP contribution in [0.25, 0.3) is 6.08 Å². The summed E-state index contributed by atoms with van der Waals surface area (Å²) in [5, 5.41) is 0. The first-order chi connectivity index (χ1) is 11.3. The Morgan fingerprint density at radius 2 is 1.09 bits per heavy atom. The van der Waals surface area contributed by atoms with Crippen LogP contribution in [0.2, 0.25) is 0 Å². The molecule has 2 heteroatoms. The molecular formula is C21H17NO. The highest BCUT2D eigenvalue weighted by atomic mass is 16.2. The molecule has 0 N–H and O–H groups in total. The van der Waals surface area contributed by atoms with E-state index in [1.807, 2.05) is 97.1 Å². The second kappa shape index (κ2) is 7.23. The first kappa shape index (κ1) is 14.8. The van der Waals surface area contributed by atoms with Gasteiger partial charge in [0.05, 0.1) is 0 Å². The van der Waals surface area contributed by atoms with Crippen LogP contribution in [0.4, 0.5) is 11.4 Å². The molecule has 23 heavy (non-hydrogen) atoms. The molecule has 2 nitrogen and oxygen atoms in total. The maximum atomic E-state index is 12.8. The van der Waals surface area contributed by atoms with E-state index < -0.39 is 0 Å². The predicted octanol–water partition coefficient (Wildman–Crippen LogP) is 5.06. The number of hydrogen-bond donors (Lipinski definition) is 0. The average Bonchev–Trinajstić information content (AvgIpc) is 2.63. The summed E-state index contributed by atoms with van der Waals surface area (Å²) in [5.41, 5.74) is 2.70. The van der Waals surface area contributed by atoms with E-state index in [2.05, 4.69) is 0 Å². The minimum atomic E-state index is -0.0775. The van der Waals surface area contributed by atoms with E-state index in [9.17, 15) is 4.79 Å². The third-order valence-electron chi connectivity index (χ3n) is 3.47. The molecule has 0 aliphatic carbocycles. The number of para-hydroxylation sites is 2. The van der Waals surface area contributed by atoms with Crippen molar-refractivity contribution in [3.05, 3.63) is 103 Å². The van der Waals surface area contributed by atoms with Crippen LogP contribution in [0.5, 0.6) is 0 Å². The third kappa shape index (κ3) is 3.74. The lowest BCUT2D eigenvalue weighted by atomic mass is 10.2. The van der Waals surface area contributed by atoms with Gasteiger partial charge in [0.2, 0.25) is 0 Å². The minimum Gasteiger partial charge on any atom is -0.278 e. The molecule has 3 aromatic carbocycles. The zero-order chi connectivity index (χ0) is 15.9. The second-order valence-electron chi connectivity index (χ2n) is 5.09. The first-order valence-electron chi connectivity index (χ1n) is 7.52. The van der Waals surface area contributed by atoms with E-state index in [1.165, 1.54) is 0 Å². The van der Waals surface area contributed by atoms with Gasteiger partial charge in [0.25, 0.3) is 5.91 Å². The van der Waals surface area contributed by atoms with E-state index in [0.717, 1.165) is 16.9 Å². The number of rotatable bonds is 4. The van der Waals surface area contributed by atoms with Crippen LogP contribution < -0.4 is 4.90 Å². The molecule has 1 amide bonds. The van der Waals surface area contributed by atoms with Crippen molar-refractivity contribution in [2.45, 2.75) is 0 Å². The second-order valence-corrected chi connectivity index (χ2v) is 5.09. The van der Waals surface area contributed by atoms with Gasteiger partial charge in [-0.3, -0.25) is 9.69 Å². The summed E-state index contributed by atoms with van der Waals surface area (Å²) >= 11 is 0. The first-order valence-corrected chi connectivity index (χ1v) is 7.52. The van der Waals surface area contributed by atoms with Crippen LogP contribution in [-0.4, -0.2) is 5.91 Å². The lowest BCUT2D eigenvalue weighted by Gasteiger charge is -2.21. The topological polar surface area (TPSA) is 20.3 Å². The van der Waals surface area contributed by atoms with Gasteiger partial charge in [-0.2, -0.15) is 0 Å². The number of anilines is 2. The van der Waals surface area contributed by atoms with Crippen LogP contribution in [0, 0.1) is 0 Å². The molecule has 0 saturated heterocycles. The van der Waals surface area contributed by atoms with E-state index in [4.69, 9.17) is 0 Å².